The summed E-state index contributed by atoms with van der Waals surface area (Å²) in [7, 11) is 0. The summed E-state index contributed by atoms with van der Waals surface area (Å²) in [6.07, 6.45) is 2.09. The highest BCUT2D eigenvalue weighted by atomic mass is 35.5. The summed E-state index contributed by atoms with van der Waals surface area (Å²) in [5, 5.41) is 4.10. The lowest BCUT2D eigenvalue weighted by atomic mass is 10.2. The van der Waals surface area contributed by atoms with E-state index in [1.54, 1.807) is 30.3 Å². The minimum absolute atomic E-state index is 0.235. The number of ether oxygens (including phenoxy) is 1. The number of fused-ring (bicyclic) bond motifs is 1. The Kier molecular flexibility index (Phi) is 5.78. The SMILES string of the molecule is CCCCOc1ccc(C(=O)Nc2nc3c(Cl)c(Cl)ccc3s2)cc1. The van der Waals surface area contributed by atoms with Crippen molar-refractivity contribution < 1.29 is 9.53 Å². The number of carbonyl (C=O) groups excluding carboxylic acids is 1. The summed E-state index contributed by atoms with van der Waals surface area (Å²) in [4.78, 5) is 16.7. The number of carbonyl (C=O) groups is 1. The third kappa shape index (κ3) is 4.24. The average Bonchev–Trinajstić information content (AvgIpc) is 3.02. The van der Waals surface area contributed by atoms with Crippen LogP contribution in [0.5, 0.6) is 5.75 Å². The summed E-state index contributed by atoms with van der Waals surface area (Å²) in [5.74, 6) is 0.521. The van der Waals surface area contributed by atoms with Gasteiger partial charge < -0.3 is 4.74 Å². The minimum atomic E-state index is -0.235. The predicted molar refractivity (Wildman–Crippen MR) is 104 cm³/mol. The zero-order valence-electron chi connectivity index (χ0n) is 13.5. The molecule has 3 aromatic rings. The van der Waals surface area contributed by atoms with Gasteiger partial charge in [-0.05, 0) is 42.8 Å². The van der Waals surface area contributed by atoms with Gasteiger partial charge in [-0.3, -0.25) is 10.1 Å². The van der Waals surface area contributed by atoms with Crippen LogP contribution in [0.25, 0.3) is 10.2 Å². The van der Waals surface area contributed by atoms with Crippen LogP contribution >= 0.6 is 34.5 Å². The van der Waals surface area contributed by atoms with E-state index in [0.717, 1.165) is 23.3 Å². The first-order chi connectivity index (χ1) is 12.1. The molecule has 0 fully saturated rings. The molecule has 25 heavy (non-hydrogen) atoms. The maximum atomic E-state index is 12.4. The van der Waals surface area contributed by atoms with Crippen LogP contribution < -0.4 is 10.1 Å². The highest BCUT2D eigenvalue weighted by molar-refractivity contribution is 7.22. The molecule has 4 nitrogen and oxygen atoms in total. The van der Waals surface area contributed by atoms with E-state index in [1.807, 2.05) is 6.07 Å². The van der Waals surface area contributed by atoms with Gasteiger partial charge in [-0.1, -0.05) is 47.9 Å². The normalized spacial score (nSPS) is 10.8. The fourth-order valence-electron chi connectivity index (χ4n) is 2.20. The maximum Gasteiger partial charge on any atom is 0.257 e. The van der Waals surface area contributed by atoms with Gasteiger partial charge in [0, 0.05) is 5.56 Å². The molecule has 0 saturated carbocycles. The van der Waals surface area contributed by atoms with E-state index in [1.165, 1.54) is 11.3 Å². The second-order valence-electron chi connectivity index (χ2n) is 5.41. The van der Waals surface area contributed by atoms with Crippen LogP contribution in [-0.2, 0) is 0 Å². The Morgan fingerprint density at radius 1 is 1.20 bits per heavy atom. The van der Waals surface area contributed by atoms with Gasteiger partial charge in [0.05, 0.1) is 21.4 Å². The molecule has 1 aromatic heterocycles. The van der Waals surface area contributed by atoms with Crippen LogP contribution in [0, 0.1) is 0 Å². The van der Waals surface area contributed by atoms with Crippen LogP contribution in [0.3, 0.4) is 0 Å². The number of unbranched alkanes of at least 4 members (excludes halogenated alkanes) is 1. The first-order valence-corrected chi connectivity index (χ1v) is 9.44. The Bertz CT molecular complexity index is 894. The van der Waals surface area contributed by atoms with Crippen LogP contribution in [0.2, 0.25) is 10.0 Å². The molecule has 0 spiro atoms. The lowest BCUT2D eigenvalue weighted by molar-refractivity contribution is 0.102. The number of aromatic nitrogens is 1. The lowest BCUT2D eigenvalue weighted by Gasteiger charge is -2.06. The fourth-order valence-corrected chi connectivity index (χ4v) is 3.48. The minimum Gasteiger partial charge on any atom is -0.494 e. The van der Waals surface area contributed by atoms with E-state index in [-0.39, 0.29) is 5.91 Å². The smallest absolute Gasteiger partial charge is 0.257 e. The predicted octanol–water partition coefficient (Wildman–Crippen LogP) is 6.03. The summed E-state index contributed by atoms with van der Waals surface area (Å²) >= 11 is 13.5. The monoisotopic (exact) mass is 394 g/mol. The summed E-state index contributed by atoms with van der Waals surface area (Å²) in [5.41, 5.74) is 1.13. The largest absolute Gasteiger partial charge is 0.494 e. The molecule has 0 saturated heterocycles. The van der Waals surface area contributed by atoms with Crippen LogP contribution in [0.1, 0.15) is 30.1 Å². The van der Waals surface area contributed by atoms with Gasteiger partial charge in [0.15, 0.2) is 5.13 Å². The van der Waals surface area contributed by atoms with Crippen molar-refractivity contribution in [2.24, 2.45) is 0 Å². The Labute approximate surface area is 159 Å². The van der Waals surface area contributed by atoms with E-state index in [0.29, 0.717) is 32.9 Å². The van der Waals surface area contributed by atoms with E-state index < -0.39 is 0 Å². The molecule has 0 aliphatic heterocycles. The molecule has 3 rings (SSSR count). The maximum absolute atomic E-state index is 12.4. The Morgan fingerprint density at radius 3 is 2.68 bits per heavy atom. The van der Waals surface area contributed by atoms with Crippen molar-refractivity contribution in [3.05, 3.63) is 52.0 Å². The van der Waals surface area contributed by atoms with E-state index >= 15 is 0 Å². The van der Waals surface area contributed by atoms with Crippen molar-refractivity contribution in [1.29, 1.82) is 0 Å². The highest BCUT2D eigenvalue weighted by Gasteiger charge is 2.13. The molecule has 0 radical (unpaired) electrons. The summed E-state index contributed by atoms with van der Waals surface area (Å²) in [6, 6.07) is 10.6. The highest BCUT2D eigenvalue weighted by Crippen LogP contribution is 2.35. The molecule has 130 valence electrons. The zero-order chi connectivity index (χ0) is 17.8. The van der Waals surface area contributed by atoms with E-state index in [4.69, 9.17) is 27.9 Å². The average molecular weight is 395 g/mol. The summed E-state index contributed by atoms with van der Waals surface area (Å²) < 4.78 is 6.46. The first kappa shape index (κ1) is 18.0. The van der Waals surface area contributed by atoms with Gasteiger partial charge in [-0.15, -0.1) is 0 Å². The van der Waals surface area contributed by atoms with Gasteiger partial charge in [-0.25, -0.2) is 4.98 Å². The number of amides is 1. The number of benzene rings is 2. The number of hydrogen-bond donors (Lipinski definition) is 1. The Morgan fingerprint density at radius 2 is 1.96 bits per heavy atom. The third-order valence-corrected chi connectivity index (χ3v) is 5.29. The first-order valence-electron chi connectivity index (χ1n) is 7.87. The number of thiazole rings is 1. The molecule has 1 amide bonds. The number of hydrogen-bond acceptors (Lipinski definition) is 4. The van der Waals surface area contributed by atoms with Crippen molar-refractivity contribution in [3.63, 3.8) is 0 Å². The third-order valence-electron chi connectivity index (χ3n) is 3.56. The van der Waals surface area contributed by atoms with Crippen molar-refractivity contribution >= 4 is 55.8 Å². The van der Waals surface area contributed by atoms with Crippen molar-refractivity contribution in [2.75, 3.05) is 11.9 Å². The van der Waals surface area contributed by atoms with Crippen molar-refractivity contribution in [2.45, 2.75) is 19.8 Å². The summed E-state index contributed by atoms with van der Waals surface area (Å²) in [6.45, 7) is 2.79. The van der Waals surface area contributed by atoms with Crippen molar-refractivity contribution in [1.82, 2.24) is 4.98 Å². The van der Waals surface area contributed by atoms with Gasteiger partial charge >= 0.3 is 0 Å². The zero-order valence-corrected chi connectivity index (χ0v) is 15.8. The number of rotatable bonds is 6. The molecule has 0 unspecified atom stereocenters. The van der Waals surface area contributed by atoms with Gasteiger partial charge in [0.25, 0.3) is 5.91 Å². The molecule has 1 N–H and O–H groups in total. The van der Waals surface area contributed by atoms with Gasteiger partial charge in [0.1, 0.15) is 11.3 Å². The molecule has 0 aliphatic rings. The van der Waals surface area contributed by atoms with Gasteiger partial charge in [-0.2, -0.15) is 0 Å². The number of nitrogens with one attached hydrogen (secondary N) is 1. The van der Waals surface area contributed by atoms with Crippen LogP contribution in [-0.4, -0.2) is 17.5 Å². The molecule has 7 heteroatoms. The standard InChI is InChI=1S/C18H16Cl2N2O2S/c1-2-3-10-24-12-6-4-11(5-7-12)17(23)22-18-21-16-14(25-18)9-8-13(19)15(16)20/h4-9H,2-3,10H2,1H3,(H,21,22,23). The molecular weight excluding hydrogens is 379 g/mol. The van der Waals surface area contributed by atoms with Gasteiger partial charge in [0.2, 0.25) is 0 Å². The molecular formula is C18H16Cl2N2O2S. The Balaban J connectivity index is 1.70. The molecule has 0 atom stereocenters. The van der Waals surface area contributed by atoms with Crippen molar-refractivity contribution in [3.8, 4) is 5.75 Å². The lowest BCUT2D eigenvalue weighted by Crippen LogP contribution is -2.11. The van der Waals surface area contributed by atoms with Crippen LogP contribution in [0.4, 0.5) is 5.13 Å². The molecule has 0 bridgehead atoms. The second-order valence-corrected chi connectivity index (χ2v) is 7.22. The van der Waals surface area contributed by atoms with Crippen LogP contribution in [0.15, 0.2) is 36.4 Å². The Hall–Kier alpha value is -1.82. The molecule has 1 heterocycles. The number of anilines is 1. The quantitative estimate of drug-likeness (QED) is 0.518. The number of halogens is 2. The molecule has 2 aromatic carbocycles. The number of nitrogens with zero attached hydrogens (tertiary/aromatic N) is 1. The topological polar surface area (TPSA) is 51.2 Å². The van der Waals surface area contributed by atoms with E-state index in [9.17, 15) is 4.79 Å². The molecule has 0 aliphatic carbocycles. The second kappa shape index (κ2) is 8.04. The fraction of sp³-hybridized carbons (Fsp3) is 0.222. The van der Waals surface area contributed by atoms with E-state index in [2.05, 4.69) is 17.2 Å².